The molecule has 3 heterocycles. The third-order valence-corrected chi connectivity index (χ3v) is 10.6. The van der Waals surface area contributed by atoms with Gasteiger partial charge in [-0.1, -0.05) is 135 Å². The van der Waals surface area contributed by atoms with Crippen molar-refractivity contribution < 1.29 is 0 Å². The van der Waals surface area contributed by atoms with E-state index < -0.39 is 0 Å². The van der Waals surface area contributed by atoms with Crippen molar-refractivity contribution in [3.8, 4) is 28.2 Å². The van der Waals surface area contributed by atoms with E-state index in [2.05, 4.69) is 202 Å². The topological polar surface area (TPSA) is 14.8 Å². The van der Waals surface area contributed by atoms with Crippen molar-refractivity contribution in [3.05, 3.63) is 188 Å². The van der Waals surface area contributed by atoms with Crippen LogP contribution in [0.25, 0.3) is 93.6 Å². The first-order valence-electron chi connectivity index (χ1n) is 18.5. The minimum absolute atomic E-state index is 1.14. The van der Waals surface area contributed by atoms with Crippen LogP contribution in [-0.2, 0) is 0 Å². The number of hydrogen-bond donors (Lipinski definition) is 0. The molecule has 0 aliphatic rings. The van der Waals surface area contributed by atoms with Crippen LogP contribution < -0.4 is 0 Å². The minimum atomic E-state index is 1.14. The summed E-state index contributed by atoms with van der Waals surface area (Å²) in [5.41, 5.74) is 13.2. The lowest BCUT2D eigenvalue weighted by atomic mass is 9.95. The molecule has 3 nitrogen and oxygen atoms in total. The first-order valence-corrected chi connectivity index (χ1v) is 18.5. The van der Waals surface area contributed by atoms with Gasteiger partial charge in [0.2, 0.25) is 0 Å². The van der Waals surface area contributed by atoms with Gasteiger partial charge in [0.05, 0.1) is 33.1 Å². The van der Waals surface area contributed by atoms with E-state index in [1.165, 1.54) is 82.2 Å². The van der Waals surface area contributed by atoms with Crippen molar-refractivity contribution in [2.24, 2.45) is 0 Å². The minimum Gasteiger partial charge on any atom is -0.309 e. The number of fused-ring (bicyclic) bond motifs is 9. The summed E-state index contributed by atoms with van der Waals surface area (Å²) in [5, 5.41) is 7.57. The Kier molecular flexibility index (Phi) is 7.26. The quantitative estimate of drug-likeness (QED) is 0.176. The molecule has 0 spiro atoms. The molecule has 11 aromatic rings. The molecule has 0 aliphatic heterocycles. The van der Waals surface area contributed by atoms with Gasteiger partial charge in [-0.25, -0.2) is 0 Å². The fourth-order valence-corrected chi connectivity index (χ4v) is 8.59. The van der Waals surface area contributed by atoms with Gasteiger partial charge in [0.15, 0.2) is 0 Å². The highest BCUT2D eigenvalue weighted by atomic mass is 15.0. The highest BCUT2D eigenvalue weighted by Crippen LogP contribution is 2.44. The standard InChI is InChI=1S/C48H31N3.C2H6/c1-2-15-32(16-3-1)49-43-27-10-6-21-39(43)47-37(23-13-29-45(47)49)38-24-14-30-46-48(38)40-22-7-11-28-44(40)51(46)34-18-12-17-33(31-34)50-41-25-8-4-19-35(41)36-20-5-9-26-42(36)50;1-2/h1-31H;1-2H3. The summed E-state index contributed by atoms with van der Waals surface area (Å²) in [4.78, 5) is 0. The second kappa shape index (κ2) is 12.4. The van der Waals surface area contributed by atoms with Crippen LogP contribution in [0.5, 0.6) is 0 Å². The van der Waals surface area contributed by atoms with Crippen LogP contribution in [0.3, 0.4) is 0 Å². The summed E-state index contributed by atoms with van der Waals surface area (Å²) >= 11 is 0. The molecule has 0 radical (unpaired) electrons. The Labute approximate surface area is 308 Å². The molecule has 0 fully saturated rings. The van der Waals surface area contributed by atoms with Crippen LogP contribution in [0.15, 0.2) is 188 Å². The third-order valence-electron chi connectivity index (χ3n) is 10.6. The average molecular weight is 680 g/mol. The first kappa shape index (κ1) is 30.9. The van der Waals surface area contributed by atoms with E-state index in [0.717, 1.165) is 11.4 Å². The second-order valence-corrected chi connectivity index (χ2v) is 13.3. The van der Waals surface area contributed by atoms with Crippen LogP contribution in [-0.4, -0.2) is 13.7 Å². The predicted molar refractivity (Wildman–Crippen MR) is 226 cm³/mol. The first-order chi connectivity index (χ1) is 26.3. The highest BCUT2D eigenvalue weighted by Gasteiger charge is 2.21. The molecule has 3 heteroatoms. The normalized spacial score (nSPS) is 11.6. The zero-order valence-electron chi connectivity index (χ0n) is 29.7. The van der Waals surface area contributed by atoms with E-state index in [-0.39, 0.29) is 0 Å². The number of para-hydroxylation sites is 5. The number of aromatic nitrogens is 3. The third kappa shape index (κ3) is 4.60. The Morgan fingerprint density at radius 2 is 0.585 bits per heavy atom. The van der Waals surface area contributed by atoms with Gasteiger partial charge in [0.1, 0.15) is 0 Å². The maximum Gasteiger partial charge on any atom is 0.0547 e. The van der Waals surface area contributed by atoms with Crippen molar-refractivity contribution in [2.75, 3.05) is 0 Å². The Hall–Kier alpha value is -6.84. The van der Waals surface area contributed by atoms with Gasteiger partial charge >= 0.3 is 0 Å². The van der Waals surface area contributed by atoms with Crippen molar-refractivity contribution in [2.45, 2.75) is 13.8 Å². The largest absolute Gasteiger partial charge is 0.309 e. The highest BCUT2D eigenvalue weighted by molar-refractivity contribution is 6.22. The zero-order chi connectivity index (χ0) is 35.5. The SMILES string of the molecule is CC.c1ccc(-n2c3ccccc3c3c(-c4cccc5c4c4ccccc4n5-c4cccc(-n5c6ccccc6c6ccccc65)c4)cccc32)cc1. The number of benzene rings is 8. The lowest BCUT2D eigenvalue weighted by Crippen LogP contribution is -1.98. The molecule has 0 N–H and O–H groups in total. The summed E-state index contributed by atoms with van der Waals surface area (Å²) in [5.74, 6) is 0. The van der Waals surface area contributed by atoms with Gasteiger partial charge in [-0.2, -0.15) is 0 Å². The maximum atomic E-state index is 2.44. The van der Waals surface area contributed by atoms with Crippen LogP contribution in [0, 0.1) is 0 Å². The van der Waals surface area contributed by atoms with Gasteiger partial charge < -0.3 is 13.7 Å². The van der Waals surface area contributed by atoms with Gasteiger partial charge in [-0.3, -0.25) is 0 Å². The monoisotopic (exact) mass is 679 g/mol. The van der Waals surface area contributed by atoms with Gasteiger partial charge in [0, 0.05) is 49.4 Å². The molecule has 0 amide bonds. The Bertz CT molecular complexity index is 3080. The molecular formula is C50H37N3. The Balaban J connectivity index is 0.00000172. The van der Waals surface area contributed by atoms with Crippen LogP contribution in [0.2, 0.25) is 0 Å². The molecule has 0 saturated heterocycles. The number of hydrogen-bond acceptors (Lipinski definition) is 0. The molecule has 53 heavy (non-hydrogen) atoms. The summed E-state index contributed by atoms with van der Waals surface area (Å²) in [6, 6.07) is 68.4. The maximum absolute atomic E-state index is 2.44. The molecular weight excluding hydrogens is 643 g/mol. The molecule has 252 valence electrons. The molecule has 8 aromatic carbocycles. The van der Waals surface area contributed by atoms with E-state index in [0.29, 0.717) is 0 Å². The van der Waals surface area contributed by atoms with E-state index in [4.69, 9.17) is 0 Å². The van der Waals surface area contributed by atoms with Crippen LogP contribution >= 0.6 is 0 Å². The lowest BCUT2D eigenvalue weighted by molar-refractivity contribution is 1.13. The Morgan fingerprint density at radius 1 is 0.264 bits per heavy atom. The lowest BCUT2D eigenvalue weighted by Gasteiger charge is -2.13. The summed E-state index contributed by atoms with van der Waals surface area (Å²) < 4.78 is 7.24. The average Bonchev–Trinajstić information content (AvgIpc) is 3.88. The van der Waals surface area contributed by atoms with E-state index in [1.807, 2.05) is 13.8 Å². The molecule has 11 rings (SSSR count). The van der Waals surface area contributed by atoms with E-state index in [1.54, 1.807) is 0 Å². The summed E-state index contributed by atoms with van der Waals surface area (Å²) in [6.07, 6.45) is 0. The number of rotatable bonds is 4. The van der Waals surface area contributed by atoms with Crippen molar-refractivity contribution in [1.29, 1.82) is 0 Å². The summed E-state index contributed by atoms with van der Waals surface area (Å²) in [6.45, 7) is 4.00. The fraction of sp³-hybridized carbons (Fsp3) is 0.0400. The second-order valence-electron chi connectivity index (χ2n) is 13.3. The van der Waals surface area contributed by atoms with Gasteiger partial charge in [-0.15, -0.1) is 0 Å². The van der Waals surface area contributed by atoms with E-state index in [9.17, 15) is 0 Å². The van der Waals surface area contributed by atoms with Crippen LogP contribution in [0.1, 0.15) is 13.8 Å². The molecule has 0 saturated carbocycles. The van der Waals surface area contributed by atoms with Gasteiger partial charge in [0.25, 0.3) is 0 Å². The van der Waals surface area contributed by atoms with E-state index >= 15 is 0 Å². The predicted octanol–water partition coefficient (Wildman–Crippen LogP) is 13.7. The number of nitrogens with zero attached hydrogens (tertiary/aromatic N) is 3. The zero-order valence-corrected chi connectivity index (χ0v) is 29.7. The van der Waals surface area contributed by atoms with Crippen LogP contribution in [0.4, 0.5) is 0 Å². The smallest absolute Gasteiger partial charge is 0.0547 e. The van der Waals surface area contributed by atoms with Crippen molar-refractivity contribution in [1.82, 2.24) is 13.7 Å². The fourth-order valence-electron chi connectivity index (χ4n) is 8.59. The van der Waals surface area contributed by atoms with Crippen molar-refractivity contribution >= 4 is 65.4 Å². The molecule has 0 aliphatic carbocycles. The summed E-state index contributed by atoms with van der Waals surface area (Å²) in [7, 11) is 0. The van der Waals surface area contributed by atoms with Gasteiger partial charge in [-0.05, 0) is 77.9 Å². The van der Waals surface area contributed by atoms with Crippen molar-refractivity contribution in [3.63, 3.8) is 0 Å². The molecule has 0 atom stereocenters. The molecule has 3 aromatic heterocycles. The Morgan fingerprint density at radius 3 is 1.08 bits per heavy atom. The molecule has 0 bridgehead atoms. The molecule has 0 unspecified atom stereocenters.